The molecule has 3 aliphatic heterocycles. The van der Waals surface area contributed by atoms with E-state index in [2.05, 4.69) is 5.32 Å². The van der Waals surface area contributed by atoms with E-state index in [1.807, 2.05) is 9.80 Å². The number of urea groups is 1. The van der Waals surface area contributed by atoms with Gasteiger partial charge < -0.3 is 19.4 Å². The summed E-state index contributed by atoms with van der Waals surface area (Å²) in [6.45, 7) is 3.36. The van der Waals surface area contributed by atoms with Gasteiger partial charge in [0.05, 0.1) is 12.8 Å². The number of ether oxygens (including phenoxy) is 1. The average Bonchev–Trinajstić information content (AvgIpc) is 3.00. The highest BCUT2D eigenvalue weighted by molar-refractivity contribution is 6.06. The van der Waals surface area contributed by atoms with Gasteiger partial charge in [-0.2, -0.15) is 0 Å². The number of methoxy groups -OCH3 is 1. The lowest BCUT2D eigenvalue weighted by Gasteiger charge is -2.39. The van der Waals surface area contributed by atoms with Crippen LogP contribution in [-0.4, -0.2) is 97.3 Å². The first-order valence-electron chi connectivity index (χ1n) is 14.5. The normalized spacial score (nSPS) is 21.3. The first-order chi connectivity index (χ1) is 19.4. The molecular formula is C29H39N5O6. The maximum absolute atomic E-state index is 13.3. The Hall–Kier alpha value is -3.63. The molecule has 0 bridgehead atoms. The summed E-state index contributed by atoms with van der Waals surface area (Å²) in [5.74, 6) is 0.384. The van der Waals surface area contributed by atoms with Crippen molar-refractivity contribution in [3.63, 3.8) is 0 Å². The molecule has 1 N–H and O–H groups in total. The molecule has 0 radical (unpaired) electrons. The zero-order valence-corrected chi connectivity index (χ0v) is 23.2. The third-order valence-electron chi connectivity index (χ3n) is 8.76. The minimum atomic E-state index is -0.518. The number of hydrogen-bond donors (Lipinski definition) is 1. The van der Waals surface area contributed by atoms with Crippen LogP contribution in [-0.2, 0) is 14.4 Å². The lowest BCUT2D eigenvalue weighted by Crippen LogP contribution is -2.53. The zero-order chi connectivity index (χ0) is 28.2. The number of carbonyl (C=O) groups is 5. The zero-order valence-electron chi connectivity index (χ0n) is 23.2. The fourth-order valence-corrected chi connectivity index (χ4v) is 6.35. The smallest absolute Gasteiger partial charge is 0.328 e. The van der Waals surface area contributed by atoms with Crippen LogP contribution in [0.3, 0.4) is 0 Å². The van der Waals surface area contributed by atoms with Crippen LogP contribution in [0.1, 0.15) is 61.7 Å². The Morgan fingerprint density at radius 3 is 2.00 bits per heavy atom. The SMILES string of the molecule is COc1cc(C(=O)N2CCN(C(=O)C3CCN(C(=O)C4CCCCC4)CC3)CC2)ccc1N1CCC(=O)NC1=O. The van der Waals surface area contributed by atoms with Crippen LogP contribution in [0.25, 0.3) is 0 Å². The Kier molecular flexibility index (Phi) is 8.56. The van der Waals surface area contributed by atoms with Crippen molar-refractivity contribution in [1.82, 2.24) is 20.0 Å². The predicted octanol–water partition coefficient (Wildman–Crippen LogP) is 2.24. The van der Waals surface area contributed by atoms with Crippen molar-refractivity contribution in [3.05, 3.63) is 23.8 Å². The van der Waals surface area contributed by atoms with E-state index in [0.29, 0.717) is 69.1 Å². The van der Waals surface area contributed by atoms with Crippen molar-refractivity contribution in [1.29, 1.82) is 0 Å². The van der Waals surface area contributed by atoms with Gasteiger partial charge in [-0.1, -0.05) is 19.3 Å². The van der Waals surface area contributed by atoms with Crippen LogP contribution < -0.4 is 15.0 Å². The Labute approximate surface area is 234 Å². The molecule has 0 aromatic heterocycles. The van der Waals surface area contributed by atoms with Gasteiger partial charge in [-0.3, -0.25) is 29.4 Å². The first-order valence-corrected chi connectivity index (χ1v) is 14.5. The van der Waals surface area contributed by atoms with Gasteiger partial charge in [0.2, 0.25) is 17.7 Å². The molecule has 1 aliphatic carbocycles. The number of hydrogen-bond acceptors (Lipinski definition) is 6. The first kappa shape index (κ1) is 27.9. The van der Waals surface area contributed by atoms with Gasteiger partial charge in [-0.25, -0.2) is 4.79 Å². The van der Waals surface area contributed by atoms with Gasteiger partial charge in [0.25, 0.3) is 5.91 Å². The summed E-state index contributed by atoms with van der Waals surface area (Å²) in [4.78, 5) is 70.1. The predicted molar refractivity (Wildman–Crippen MR) is 147 cm³/mol. The second-order valence-electron chi connectivity index (χ2n) is 11.2. The summed E-state index contributed by atoms with van der Waals surface area (Å²) in [6, 6.07) is 4.41. The Morgan fingerprint density at radius 2 is 1.38 bits per heavy atom. The summed E-state index contributed by atoms with van der Waals surface area (Å²) in [6.07, 6.45) is 7.08. The molecule has 0 unspecified atom stereocenters. The molecule has 11 nitrogen and oxygen atoms in total. The number of piperidine rings is 1. The Balaban J connectivity index is 1.12. The average molecular weight is 554 g/mol. The van der Waals surface area contributed by atoms with E-state index in [-0.39, 0.29) is 48.4 Å². The van der Waals surface area contributed by atoms with E-state index in [1.54, 1.807) is 23.1 Å². The number of piperazine rings is 1. The second kappa shape index (κ2) is 12.3. The number of likely N-dealkylation sites (tertiary alicyclic amines) is 1. The maximum atomic E-state index is 13.3. The third kappa shape index (κ3) is 5.93. The highest BCUT2D eigenvalue weighted by Crippen LogP contribution is 2.32. The van der Waals surface area contributed by atoms with Crippen LogP contribution in [0, 0.1) is 11.8 Å². The summed E-state index contributed by atoms with van der Waals surface area (Å²) < 4.78 is 5.47. The monoisotopic (exact) mass is 553 g/mol. The molecular weight excluding hydrogens is 514 g/mol. The molecule has 5 rings (SSSR count). The van der Waals surface area contributed by atoms with Crippen molar-refractivity contribution < 1.29 is 28.7 Å². The van der Waals surface area contributed by atoms with Crippen LogP contribution in [0.4, 0.5) is 10.5 Å². The number of amides is 6. The summed E-state index contributed by atoms with van der Waals surface area (Å²) >= 11 is 0. The van der Waals surface area contributed by atoms with Gasteiger partial charge >= 0.3 is 6.03 Å². The standard InChI is InChI=1S/C29H39N5O6/c1-40-24-19-22(7-8-23(24)34-14-11-25(35)30-29(34)39)28(38)33-17-15-32(16-18-33)27(37)21-9-12-31(13-10-21)26(36)20-5-3-2-4-6-20/h7-8,19-21H,2-6,9-18H2,1H3,(H,30,35,39). The molecule has 1 aromatic carbocycles. The van der Waals surface area contributed by atoms with E-state index in [1.165, 1.54) is 18.4 Å². The molecule has 1 saturated carbocycles. The highest BCUT2D eigenvalue weighted by atomic mass is 16.5. The van der Waals surface area contributed by atoms with Crippen molar-refractivity contribution in [3.8, 4) is 5.75 Å². The minimum absolute atomic E-state index is 0.0725. The molecule has 6 amide bonds. The summed E-state index contributed by atoms with van der Waals surface area (Å²) in [5, 5.41) is 2.29. The molecule has 3 saturated heterocycles. The fraction of sp³-hybridized carbons (Fsp3) is 0.621. The molecule has 1 aromatic rings. The Morgan fingerprint density at radius 1 is 0.775 bits per heavy atom. The molecule has 4 fully saturated rings. The van der Waals surface area contributed by atoms with Crippen LogP contribution >= 0.6 is 0 Å². The topological polar surface area (TPSA) is 120 Å². The quantitative estimate of drug-likeness (QED) is 0.597. The summed E-state index contributed by atoms with van der Waals surface area (Å²) in [5.41, 5.74) is 0.926. The van der Waals surface area contributed by atoms with E-state index >= 15 is 0 Å². The molecule has 11 heteroatoms. The lowest BCUT2D eigenvalue weighted by atomic mass is 9.87. The van der Waals surface area contributed by atoms with Crippen molar-refractivity contribution >= 4 is 35.3 Å². The van der Waals surface area contributed by atoms with Crippen LogP contribution in [0.2, 0.25) is 0 Å². The molecule has 0 atom stereocenters. The molecule has 216 valence electrons. The van der Waals surface area contributed by atoms with E-state index in [4.69, 9.17) is 4.74 Å². The number of rotatable bonds is 5. The lowest BCUT2D eigenvalue weighted by molar-refractivity contribution is -0.143. The van der Waals surface area contributed by atoms with E-state index < -0.39 is 6.03 Å². The molecule has 3 heterocycles. The largest absolute Gasteiger partial charge is 0.495 e. The molecule has 4 aliphatic rings. The molecule has 0 spiro atoms. The number of anilines is 1. The second-order valence-corrected chi connectivity index (χ2v) is 11.2. The van der Waals surface area contributed by atoms with Gasteiger partial charge in [0.15, 0.2) is 0 Å². The van der Waals surface area contributed by atoms with Crippen molar-refractivity contribution in [2.45, 2.75) is 51.4 Å². The summed E-state index contributed by atoms with van der Waals surface area (Å²) in [7, 11) is 1.47. The van der Waals surface area contributed by atoms with Crippen molar-refractivity contribution in [2.75, 3.05) is 57.8 Å². The molecule has 40 heavy (non-hydrogen) atoms. The number of imide groups is 1. The van der Waals surface area contributed by atoms with Crippen LogP contribution in [0.15, 0.2) is 18.2 Å². The van der Waals surface area contributed by atoms with E-state index in [9.17, 15) is 24.0 Å². The van der Waals surface area contributed by atoms with E-state index in [0.717, 1.165) is 25.7 Å². The fourth-order valence-electron chi connectivity index (χ4n) is 6.35. The third-order valence-corrected chi connectivity index (χ3v) is 8.76. The number of carbonyl (C=O) groups excluding carboxylic acids is 5. The highest BCUT2D eigenvalue weighted by Gasteiger charge is 2.35. The Bertz CT molecular complexity index is 1150. The maximum Gasteiger partial charge on any atom is 0.328 e. The van der Waals surface area contributed by atoms with Crippen LogP contribution in [0.5, 0.6) is 5.75 Å². The number of nitrogens with zero attached hydrogens (tertiary/aromatic N) is 4. The van der Waals surface area contributed by atoms with Crippen molar-refractivity contribution in [2.24, 2.45) is 11.8 Å². The number of nitrogens with one attached hydrogen (secondary N) is 1. The minimum Gasteiger partial charge on any atom is -0.495 e. The van der Waals surface area contributed by atoms with Gasteiger partial charge in [-0.05, 0) is 43.9 Å². The van der Waals surface area contributed by atoms with Gasteiger partial charge in [0.1, 0.15) is 5.75 Å². The van der Waals surface area contributed by atoms with Gasteiger partial charge in [-0.15, -0.1) is 0 Å². The number of benzene rings is 1. The van der Waals surface area contributed by atoms with Gasteiger partial charge in [0, 0.05) is 69.6 Å².